The fourth-order valence-corrected chi connectivity index (χ4v) is 3.05. The molecule has 0 aliphatic heterocycles. The second-order valence-corrected chi connectivity index (χ2v) is 6.75. The minimum atomic E-state index is -0.600. The number of hydrogen-bond donors (Lipinski definition) is 1. The average molecular weight is 388 g/mol. The van der Waals surface area contributed by atoms with Crippen molar-refractivity contribution in [3.05, 3.63) is 76.1 Å². The molecule has 140 valence electrons. The van der Waals surface area contributed by atoms with Crippen LogP contribution in [0.4, 0.5) is 4.39 Å². The largest absolute Gasteiger partial charge is 0.390 e. The Labute approximate surface area is 161 Å². The highest BCUT2D eigenvalue weighted by atomic mass is 35.5. The second-order valence-electron chi connectivity index (χ2n) is 6.31. The minimum absolute atomic E-state index is 0.0212. The van der Waals surface area contributed by atoms with Crippen LogP contribution in [0.2, 0.25) is 5.02 Å². The summed E-state index contributed by atoms with van der Waals surface area (Å²) in [4.78, 5) is 16.1. The highest BCUT2D eigenvalue weighted by Gasteiger charge is 2.12. The quantitative estimate of drug-likeness (QED) is 0.672. The van der Waals surface area contributed by atoms with Gasteiger partial charge in [-0.2, -0.15) is 5.10 Å². The Morgan fingerprint density at radius 2 is 2.11 bits per heavy atom. The molecule has 0 spiro atoms. The van der Waals surface area contributed by atoms with Gasteiger partial charge in [0.15, 0.2) is 0 Å². The lowest BCUT2D eigenvalue weighted by Crippen LogP contribution is -2.09. The number of halogens is 2. The topological polar surface area (TPSA) is 68.0 Å². The molecule has 7 heteroatoms. The van der Waals surface area contributed by atoms with E-state index >= 15 is 0 Å². The van der Waals surface area contributed by atoms with Crippen LogP contribution in [0.1, 0.15) is 29.1 Å². The first-order valence-corrected chi connectivity index (χ1v) is 8.91. The van der Waals surface area contributed by atoms with Crippen molar-refractivity contribution < 1.29 is 14.3 Å². The summed E-state index contributed by atoms with van der Waals surface area (Å²) in [6, 6.07) is 10.5. The predicted molar refractivity (Wildman–Crippen MR) is 100 cm³/mol. The van der Waals surface area contributed by atoms with E-state index < -0.39 is 12.4 Å². The van der Waals surface area contributed by atoms with Gasteiger partial charge in [0, 0.05) is 29.8 Å². The van der Waals surface area contributed by atoms with E-state index in [0.717, 1.165) is 17.1 Å². The fraction of sp³-hybridized carbons (Fsp3) is 0.250. The second kappa shape index (κ2) is 8.41. The SMILES string of the molecule is Cc1cc(CCC(=O)Cc2cnc(CO)c(F)c2)n(-c2cccc(Cl)c2)n1. The third-order valence-electron chi connectivity index (χ3n) is 4.14. The van der Waals surface area contributed by atoms with Crippen LogP contribution in [0.5, 0.6) is 0 Å². The summed E-state index contributed by atoms with van der Waals surface area (Å²) in [5, 5.41) is 14.0. The van der Waals surface area contributed by atoms with Crippen LogP contribution in [0, 0.1) is 12.7 Å². The standard InChI is InChI=1S/C20H19ClFN3O2/c1-13-7-17(25(24-13)16-4-2-3-15(21)10-16)5-6-18(27)8-14-9-19(22)20(12-26)23-11-14/h2-4,7,9-11,26H,5-6,8,12H2,1H3. The normalized spacial score (nSPS) is 11.0. The fourth-order valence-electron chi connectivity index (χ4n) is 2.87. The first-order valence-electron chi connectivity index (χ1n) is 8.53. The molecular formula is C20H19ClFN3O2. The van der Waals surface area contributed by atoms with Gasteiger partial charge in [0.25, 0.3) is 0 Å². The Balaban J connectivity index is 1.68. The molecule has 0 bridgehead atoms. The zero-order valence-corrected chi connectivity index (χ0v) is 15.6. The zero-order valence-electron chi connectivity index (χ0n) is 14.8. The molecule has 0 saturated carbocycles. The number of hydrogen-bond acceptors (Lipinski definition) is 4. The van der Waals surface area contributed by atoms with Crippen LogP contribution in [-0.4, -0.2) is 25.7 Å². The number of aryl methyl sites for hydroxylation is 2. The predicted octanol–water partition coefficient (Wildman–Crippen LogP) is 3.60. The van der Waals surface area contributed by atoms with Crippen LogP contribution in [0.25, 0.3) is 5.69 Å². The Morgan fingerprint density at radius 1 is 1.30 bits per heavy atom. The summed E-state index contributed by atoms with van der Waals surface area (Å²) >= 11 is 6.06. The van der Waals surface area contributed by atoms with Crippen molar-refractivity contribution in [3.8, 4) is 5.69 Å². The van der Waals surface area contributed by atoms with Gasteiger partial charge < -0.3 is 5.11 Å². The lowest BCUT2D eigenvalue weighted by molar-refractivity contribution is -0.118. The third kappa shape index (κ3) is 4.78. The number of aliphatic hydroxyl groups excluding tert-OH is 1. The zero-order chi connectivity index (χ0) is 19.4. The molecule has 2 heterocycles. The summed E-state index contributed by atoms with van der Waals surface area (Å²) < 4.78 is 15.5. The highest BCUT2D eigenvalue weighted by molar-refractivity contribution is 6.30. The summed E-state index contributed by atoms with van der Waals surface area (Å²) in [5.41, 5.74) is 3.07. The molecule has 1 aromatic carbocycles. The van der Waals surface area contributed by atoms with Crippen molar-refractivity contribution in [2.24, 2.45) is 0 Å². The average Bonchev–Trinajstić information content (AvgIpc) is 3.01. The van der Waals surface area contributed by atoms with Gasteiger partial charge in [-0.25, -0.2) is 9.07 Å². The number of pyridine rings is 1. The Morgan fingerprint density at radius 3 is 2.81 bits per heavy atom. The first kappa shape index (κ1) is 19.2. The van der Waals surface area contributed by atoms with Crippen LogP contribution in [0.15, 0.2) is 42.6 Å². The molecule has 0 radical (unpaired) electrons. The number of Topliss-reactive ketones (excluding diaryl/α,β-unsaturated/α-hetero) is 1. The number of rotatable bonds is 7. The molecule has 0 aliphatic carbocycles. The van der Waals surface area contributed by atoms with Crippen LogP contribution in [-0.2, 0) is 24.2 Å². The summed E-state index contributed by atoms with van der Waals surface area (Å²) in [7, 11) is 0. The Bertz CT molecular complexity index is 972. The van der Waals surface area contributed by atoms with Crippen LogP contribution < -0.4 is 0 Å². The molecule has 0 amide bonds. The Hall–Kier alpha value is -2.57. The molecule has 3 rings (SSSR count). The van der Waals surface area contributed by atoms with Crippen molar-refractivity contribution in [2.45, 2.75) is 32.8 Å². The van der Waals surface area contributed by atoms with E-state index in [1.165, 1.54) is 12.3 Å². The summed E-state index contributed by atoms with van der Waals surface area (Å²) in [6.45, 7) is 1.43. The molecular weight excluding hydrogens is 369 g/mol. The number of nitrogens with zero attached hydrogens (tertiary/aromatic N) is 3. The Kier molecular flexibility index (Phi) is 5.98. The molecule has 0 fully saturated rings. The lowest BCUT2D eigenvalue weighted by atomic mass is 10.1. The molecule has 0 saturated heterocycles. The van der Waals surface area contributed by atoms with Crippen molar-refractivity contribution in [2.75, 3.05) is 0 Å². The van der Waals surface area contributed by atoms with Crippen molar-refractivity contribution >= 4 is 17.4 Å². The van der Waals surface area contributed by atoms with Crippen molar-refractivity contribution in [3.63, 3.8) is 0 Å². The third-order valence-corrected chi connectivity index (χ3v) is 4.38. The molecule has 1 N–H and O–H groups in total. The molecule has 0 atom stereocenters. The van der Waals surface area contributed by atoms with E-state index in [9.17, 15) is 9.18 Å². The highest BCUT2D eigenvalue weighted by Crippen LogP contribution is 2.18. The molecule has 5 nitrogen and oxygen atoms in total. The van der Waals surface area contributed by atoms with Gasteiger partial charge in [-0.1, -0.05) is 17.7 Å². The number of ketones is 1. The van der Waals surface area contributed by atoms with Gasteiger partial charge in [0.1, 0.15) is 17.3 Å². The molecule has 27 heavy (non-hydrogen) atoms. The van der Waals surface area contributed by atoms with E-state index in [1.54, 1.807) is 10.7 Å². The van der Waals surface area contributed by atoms with Crippen LogP contribution >= 0.6 is 11.6 Å². The number of carbonyl (C=O) groups excluding carboxylic acids is 1. The first-order chi connectivity index (χ1) is 13.0. The smallest absolute Gasteiger partial charge is 0.147 e. The lowest BCUT2D eigenvalue weighted by Gasteiger charge is -2.08. The van der Waals surface area contributed by atoms with Crippen molar-refractivity contribution in [1.29, 1.82) is 0 Å². The van der Waals surface area contributed by atoms with Gasteiger partial charge in [-0.15, -0.1) is 0 Å². The van der Waals surface area contributed by atoms with Gasteiger partial charge in [0.2, 0.25) is 0 Å². The number of aliphatic hydroxyl groups is 1. The van der Waals surface area contributed by atoms with E-state index in [0.29, 0.717) is 23.4 Å². The van der Waals surface area contributed by atoms with E-state index in [2.05, 4.69) is 10.1 Å². The van der Waals surface area contributed by atoms with E-state index in [-0.39, 0.29) is 17.9 Å². The number of benzene rings is 1. The van der Waals surface area contributed by atoms with E-state index in [4.69, 9.17) is 16.7 Å². The number of aromatic nitrogens is 3. The maximum absolute atomic E-state index is 13.7. The molecule has 2 aromatic heterocycles. The summed E-state index contributed by atoms with van der Waals surface area (Å²) in [6.07, 6.45) is 2.33. The minimum Gasteiger partial charge on any atom is -0.390 e. The van der Waals surface area contributed by atoms with Gasteiger partial charge in [-0.05, 0) is 49.2 Å². The van der Waals surface area contributed by atoms with E-state index in [1.807, 2.05) is 31.2 Å². The monoisotopic (exact) mass is 387 g/mol. The van der Waals surface area contributed by atoms with Crippen LogP contribution in [0.3, 0.4) is 0 Å². The van der Waals surface area contributed by atoms with Gasteiger partial charge in [0.05, 0.1) is 18.0 Å². The van der Waals surface area contributed by atoms with Crippen molar-refractivity contribution in [1.82, 2.24) is 14.8 Å². The summed E-state index contributed by atoms with van der Waals surface area (Å²) in [5.74, 6) is -0.623. The molecule has 3 aromatic rings. The molecule has 0 unspecified atom stereocenters. The molecule has 0 aliphatic rings. The maximum Gasteiger partial charge on any atom is 0.147 e. The maximum atomic E-state index is 13.7. The number of carbonyl (C=O) groups is 1. The van der Waals surface area contributed by atoms with Gasteiger partial charge in [-0.3, -0.25) is 9.78 Å². The van der Waals surface area contributed by atoms with Gasteiger partial charge >= 0.3 is 0 Å².